The molecule has 1 aliphatic rings. The van der Waals surface area contributed by atoms with Gasteiger partial charge >= 0.3 is 0 Å². The van der Waals surface area contributed by atoms with Crippen LogP contribution in [0.2, 0.25) is 0 Å². The normalized spacial score (nSPS) is 15.1. The van der Waals surface area contributed by atoms with Gasteiger partial charge in [-0.2, -0.15) is 0 Å². The number of hydrogen-bond donors (Lipinski definition) is 1. The number of nitrogens with one attached hydrogen (secondary N) is 1. The second-order valence-electron chi connectivity index (χ2n) is 12.5. The fraction of sp³-hybridized carbons (Fsp3) is 0.0233. The van der Waals surface area contributed by atoms with Crippen LogP contribution in [0.5, 0.6) is 0 Å². The van der Waals surface area contributed by atoms with Gasteiger partial charge < -0.3 is 14.2 Å². The molecule has 7 aromatic carbocycles. The topological polar surface area (TPSA) is 63.0 Å². The zero-order valence-corrected chi connectivity index (χ0v) is 26.8. The quantitative estimate of drug-likeness (QED) is 0.208. The summed E-state index contributed by atoms with van der Waals surface area (Å²) in [5.74, 6) is 1.44. The predicted molar refractivity (Wildman–Crippen MR) is 203 cm³/mol. The van der Waals surface area contributed by atoms with Gasteiger partial charge in [0, 0.05) is 53.7 Å². The average Bonchev–Trinajstić information content (AvgIpc) is 3.85. The molecular weight excluding hydrogens is 623 g/mol. The fourth-order valence-corrected chi connectivity index (χ4v) is 8.77. The zero-order chi connectivity index (χ0) is 32.1. The van der Waals surface area contributed by atoms with E-state index in [0.717, 1.165) is 81.9 Å². The van der Waals surface area contributed by atoms with Crippen LogP contribution in [0, 0.1) is 0 Å². The molecule has 0 radical (unpaired) electrons. The number of amidine groups is 2. The SMILES string of the molecule is c1ccc2c(C3N=C(c4cccc5oc6ccccc6c45)N=C(c4cc5c6ccccc6oc5c5c4sc4ccccc45)N3)cccc2c1. The van der Waals surface area contributed by atoms with E-state index in [4.69, 9.17) is 18.8 Å². The maximum Gasteiger partial charge on any atom is 0.160 e. The molecule has 0 fully saturated rings. The first-order valence-corrected chi connectivity index (χ1v) is 17.2. The molecule has 10 aromatic rings. The van der Waals surface area contributed by atoms with Crippen molar-refractivity contribution in [1.29, 1.82) is 0 Å². The minimum Gasteiger partial charge on any atom is -0.456 e. The zero-order valence-electron chi connectivity index (χ0n) is 26.0. The van der Waals surface area contributed by atoms with E-state index in [1.807, 2.05) is 36.4 Å². The molecule has 230 valence electrons. The fourth-order valence-electron chi connectivity index (χ4n) is 7.56. The Morgan fingerprint density at radius 1 is 0.551 bits per heavy atom. The van der Waals surface area contributed by atoms with Gasteiger partial charge in [-0.15, -0.1) is 11.3 Å². The molecule has 0 spiro atoms. The highest BCUT2D eigenvalue weighted by molar-refractivity contribution is 7.26. The second-order valence-corrected chi connectivity index (χ2v) is 13.6. The van der Waals surface area contributed by atoms with Crippen LogP contribution in [0.1, 0.15) is 22.9 Å². The first-order valence-electron chi connectivity index (χ1n) is 16.4. The van der Waals surface area contributed by atoms with Crippen molar-refractivity contribution < 1.29 is 8.83 Å². The molecule has 11 rings (SSSR count). The van der Waals surface area contributed by atoms with Crippen molar-refractivity contribution in [3.05, 3.63) is 156 Å². The summed E-state index contributed by atoms with van der Waals surface area (Å²) in [5, 5.41) is 12.6. The van der Waals surface area contributed by atoms with Crippen LogP contribution in [-0.2, 0) is 0 Å². The number of aliphatic imine (C=N–C) groups is 2. The lowest BCUT2D eigenvalue weighted by molar-refractivity contribution is 0.668. The van der Waals surface area contributed by atoms with Crippen molar-refractivity contribution in [1.82, 2.24) is 5.32 Å². The Hall–Kier alpha value is -6.24. The van der Waals surface area contributed by atoms with E-state index in [-0.39, 0.29) is 6.17 Å². The Bertz CT molecular complexity index is 3050. The first-order chi connectivity index (χ1) is 24.3. The Kier molecular flexibility index (Phi) is 5.54. The largest absolute Gasteiger partial charge is 0.456 e. The van der Waals surface area contributed by atoms with Gasteiger partial charge in [0.05, 0.1) is 4.70 Å². The molecule has 5 nitrogen and oxygen atoms in total. The Balaban J connectivity index is 1.23. The van der Waals surface area contributed by atoms with E-state index in [1.54, 1.807) is 11.3 Å². The molecule has 1 atom stereocenters. The van der Waals surface area contributed by atoms with Gasteiger partial charge in [0.2, 0.25) is 0 Å². The van der Waals surface area contributed by atoms with E-state index in [0.29, 0.717) is 5.84 Å². The number of thiophene rings is 1. The van der Waals surface area contributed by atoms with Crippen LogP contribution in [0.4, 0.5) is 0 Å². The lowest BCUT2D eigenvalue weighted by atomic mass is 10.00. The van der Waals surface area contributed by atoms with Crippen LogP contribution < -0.4 is 5.32 Å². The highest BCUT2D eigenvalue weighted by Crippen LogP contribution is 2.44. The Labute approximate surface area is 283 Å². The number of para-hydroxylation sites is 2. The monoisotopic (exact) mass is 647 g/mol. The molecular formula is C43H25N3O2S. The lowest BCUT2D eigenvalue weighted by Gasteiger charge is -2.25. The maximum atomic E-state index is 6.60. The summed E-state index contributed by atoms with van der Waals surface area (Å²) in [6, 6.07) is 48.4. The number of benzene rings is 7. The van der Waals surface area contributed by atoms with Gasteiger partial charge in [-0.25, -0.2) is 9.98 Å². The molecule has 0 saturated carbocycles. The third kappa shape index (κ3) is 3.92. The predicted octanol–water partition coefficient (Wildman–Crippen LogP) is 11.5. The smallest absolute Gasteiger partial charge is 0.160 e. The molecule has 49 heavy (non-hydrogen) atoms. The van der Waals surface area contributed by atoms with E-state index in [9.17, 15) is 0 Å². The average molecular weight is 648 g/mol. The van der Waals surface area contributed by atoms with Gasteiger partial charge in [0.15, 0.2) is 5.84 Å². The lowest BCUT2D eigenvalue weighted by Crippen LogP contribution is -2.33. The molecule has 4 heterocycles. The number of rotatable bonds is 3. The van der Waals surface area contributed by atoms with Crippen molar-refractivity contribution in [2.75, 3.05) is 0 Å². The van der Waals surface area contributed by atoms with Crippen molar-refractivity contribution >= 4 is 97.8 Å². The first kappa shape index (κ1) is 26.8. The summed E-state index contributed by atoms with van der Waals surface area (Å²) in [5.41, 5.74) is 6.50. The number of hydrogen-bond acceptors (Lipinski definition) is 6. The standard InChI is InChI=1S/C43H25N3O2S/c1-2-13-25-24(11-1)12-9-17-27(25)41-44-42(30-18-10-21-35-37(30)28-15-4-7-20-34(28)47-35)46-43(45-41)32-23-31-26-14-3-6-19-33(26)48-39(31)38-29-16-5-8-22-36(29)49-40(32)38/h1-23,41H,(H,44,45,46). The van der Waals surface area contributed by atoms with Crippen LogP contribution >= 0.6 is 11.3 Å². The van der Waals surface area contributed by atoms with Gasteiger partial charge in [-0.3, -0.25) is 0 Å². The van der Waals surface area contributed by atoms with Crippen molar-refractivity contribution in [2.24, 2.45) is 9.98 Å². The van der Waals surface area contributed by atoms with Gasteiger partial charge in [-0.05, 0) is 41.1 Å². The van der Waals surface area contributed by atoms with E-state index in [1.165, 1.54) is 15.5 Å². The Morgan fingerprint density at radius 2 is 1.24 bits per heavy atom. The molecule has 1 unspecified atom stereocenters. The molecule has 0 aliphatic carbocycles. The third-order valence-electron chi connectivity index (χ3n) is 9.75. The van der Waals surface area contributed by atoms with Crippen LogP contribution in [0.15, 0.2) is 158 Å². The van der Waals surface area contributed by atoms with E-state index in [2.05, 4.69) is 108 Å². The summed E-state index contributed by atoms with van der Waals surface area (Å²) in [6.07, 6.45) is -0.386. The van der Waals surface area contributed by atoms with Crippen LogP contribution in [-0.4, -0.2) is 11.7 Å². The van der Waals surface area contributed by atoms with Gasteiger partial charge in [-0.1, -0.05) is 109 Å². The van der Waals surface area contributed by atoms with Gasteiger partial charge in [0.25, 0.3) is 0 Å². The molecule has 1 aliphatic heterocycles. The summed E-state index contributed by atoms with van der Waals surface area (Å²) in [6.45, 7) is 0. The molecule has 6 heteroatoms. The molecule has 1 N–H and O–H groups in total. The minimum absolute atomic E-state index is 0.386. The number of nitrogens with zero attached hydrogens (tertiary/aromatic N) is 2. The van der Waals surface area contributed by atoms with E-state index >= 15 is 0 Å². The maximum absolute atomic E-state index is 6.60. The molecule has 3 aromatic heterocycles. The van der Waals surface area contributed by atoms with Crippen LogP contribution in [0.25, 0.3) is 74.8 Å². The summed E-state index contributed by atoms with van der Waals surface area (Å²) in [4.78, 5) is 10.8. The van der Waals surface area contributed by atoms with Crippen molar-refractivity contribution in [3.8, 4) is 0 Å². The molecule has 0 amide bonds. The van der Waals surface area contributed by atoms with E-state index < -0.39 is 0 Å². The highest BCUT2D eigenvalue weighted by Gasteiger charge is 2.28. The van der Waals surface area contributed by atoms with Crippen LogP contribution in [0.3, 0.4) is 0 Å². The van der Waals surface area contributed by atoms with Crippen molar-refractivity contribution in [2.45, 2.75) is 6.17 Å². The summed E-state index contributed by atoms with van der Waals surface area (Å²) in [7, 11) is 0. The molecule has 0 bridgehead atoms. The number of furan rings is 2. The van der Waals surface area contributed by atoms with Crippen molar-refractivity contribution in [3.63, 3.8) is 0 Å². The second kappa shape index (κ2) is 10.1. The third-order valence-corrected chi connectivity index (χ3v) is 11.0. The number of fused-ring (bicyclic) bond motifs is 11. The molecule has 0 saturated heterocycles. The summed E-state index contributed by atoms with van der Waals surface area (Å²) < 4.78 is 15.2. The summed E-state index contributed by atoms with van der Waals surface area (Å²) >= 11 is 1.77. The minimum atomic E-state index is -0.386. The van der Waals surface area contributed by atoms with Gasteiger partial charge in [0.1, 0.15) is 34.3 Å². The Morgan fingerprint density at radius 3 is 2.14 bits per heavy atom. The highest BCUT2D eigenvalue weighted by atomic mass is 32.1.